The minimum atomic E-state index is -0.332. The molecule has 3 heterocycles. The Labute approximate surface area is 162 Å². The van der Waals surface area contributed by atoms with E-state index in [4.69, 9.17) is 16.3 Å². The number of likely N-dealkylation sites (N-methyl/N-ethyl adjacent to an activating group) is 1. The number of Topliss-reactive ketones (excluding diaryl/α,β-unsaturated/α-hetero) is 1. The molecule has 4 unspecified atom stereocenters. The minimum Gasteiger partial charge on any atom is -0.483 e. The highest BCUT2D eigenvalue weighted by atomic mass is 35.5. The summed E-state index contributed by atoms with van der Waals surface area (Å²) in [4.78, 5) is 31.3. The first-order chi connectivity index (χ1) is 12.5. The molecule has 1 saturated carbocycles. The Bertz CT molecular complexity index is 746. The Kier molecular flexibility index (Phi) is 4.84. The van der Waals surface area contributed by atoms with E-state index in [-0.39, 0.29) is 40.9 Å². The van der Waals surface area contributed by atoms with Crippen LogP contribution in [0, 0.1) is 5.92 Å². The number of thiophene rings is 1. The number of fused-ring (bicyclic) bond motifs is 1. The normalized spacial score (nSPS) is 31.3. The number of hydrogen-bond donors (Lipinski definition) is 0. The Balaban J connectivity index is 1.72. The summed E-state index contributed by atoms with van der Waals surface area (Å²) < 4.78 is 6.11. The molecule has 26 heavy (non-hydrogen) atoms. The van der Waals surface area contributed by atoms with Crippen LogP contribution >= 0.6 is 22.9 Å². The number of ether oxygens (including phenoxy) is 1. The Morgan fingerprint density at radius 1 is 1.35 bits per heavy atom. The van der Waals surface area contributed by atoms with Gasteiger partial charge in [-0.1, -0.05) is 6.07 Å². The summed E-state index contributed by atoms with van der Waals surface area (Å²) in [5.41, 5.74) is 0.545. The maximum atomic E-state index is 13.3. The molecule has 140 valence electrons. The van der Waals surface area contributed by atoms with E-state index in [9.17, 15) is 9.59 Å². The van der Waals surface area contributed by atoms with Gasteiger partial charge in [0.05, 0.1) is 17.5 Å². The standard InChI is InChI=1S/C19H23ClN2O3S/c1-21(2)7-8-22-16(14-4-3-9-26-14)15-17(23)12-10-11(20)5-6-13(12)25-18(15)19(22)24/h3-4,9,11-13,16H,5-8,10H2,1-2H3. The third kappa shape index (κ3) is 2.98. The molecule has 1 aliphatic carbocycles. The summed E-state index contributed by atoms with van der Waals surface area (Å²) in [5.74, 6) is -0.0451. The van der Waals surface area contributed by atoms with Crippen molar-refractivity contribution in [2.24, 2.45) is 5.92 Å². The van der Waals surface area contributed by atoms with Gasteiger partial charge in [0.15, 0.2) is 11.5 Å². The van der Waals surface area contributed by atoms with E-state index in [2.05, 4.69) is 0 Å². The van der Waals surface area contributed by atoms with Crippen LogP contribution in [0.4, 0.5) is 0 Å². The van der Waals surface area contributed by atoms with E-state index in [1.54, 1.807) is 16.2 Å². The molecule has 1 amide bonds. The van der Waals surface area contributed by atoms with Crippen molar-refractivity contribution in [1.29, 1.82) is 0 Å². The van der Waals surface area contributed by atoms with Crippen molar-refractivity contribution < 1.29 is 14.3 Å². The van der Waals surface area contributed by atoms with Crippen molar-refractivity contribution in [3.63, 3.8) is 0 Å². The molecule has 1 aromatic rings. The average Bonchev–Trinajstić information content (AvgIpc) is 3.21. The summed E-state index contributed by atoms with van der Waals surface area (Å²) in [6, 6.07) is 3.62. The first kappa shape index (κ1) is 18.0. The monoisotopic (exact) mass is 394 g/mol. The highest BCUT2D eigenvalue weighted by molar-refractivity contribution is 7.10. The fourth-order valence-electron chi connectivity index (χ4n) is 4.14. The maximum Gasteiger partial charge on any atom is 0.290 e. The Hall–Kier alpha value is -1.37. The summed E-state index contributed by atoms with van der Waals surface area (Å²) in [5, 5.41) is 1.99. The van der Waals surface area contributed by atoms with Crippen LogP contribution in [0.15, 0.2) is 28.8 Å². The molecule has 2 aliphatic heterocycles. The molecule has 0 bridgehead atoms. The molecule has 5 nitrogen and oxygen atoms in total. The average molecular weight is 395 g/mol. The minimum absolute atomic E-state index is 0.00749. The fourth-order valence-corrected chi connectivity index (χ4v) is 5.31. The third-order valence-corrected chi connectivity index (χ3v) is 6.80. The van der Waals surface area contributed by atoms with Crippen LogP contribution in [0.25, 0.3) is 0 Å². The highest BCUT2D eigenvalue weighted by Gasteiger charge is 2.52. The lowest BCUT2D eigenvalue weighted by atomic mass is 9.78. The van der Waals surface area contributed by atoms with Gasteiger partial charge in [0.25, 0.3) is 5.91 Å². The zero-order valence-electron chi connectivity index (χ0n) is 15.0. The summed E-state index contributed by atoms with van der Waals surface area (Å²) in [6.45, 7) is 1.30. The topological polar surface area (TPSA) is 49.9 Å². The molecule has 0 radical (unpaired) electrons. The second-order valence-electron chi connectivity index (χ2n) is 7.50. The third-order valence-electron chi connectivity index (χ3n) is 5.48. The van der Waals surface area contributed by atoms with E-state index >= 15 is 0 Å². The van der Waals surface area contributed by atoms with Crippen LogP contribution < -0.4 is 0 Å². The number of alkyl halides is 1. The predicted molar refractivity (Wildman–Crippen MR) is 101 cm³/mol. The van der Waals surface area contributed by atoms with Gasteiger partial charge < -0.3 is 14.5 Å². The number of carbonyl (C=O) groups excluding carboxylic acids is 2. The SMILES string of the molecule is CN(C)CCN1C(=O)C2=C(C(=O)C3CC(Cl)CCC3O2)C1c1cccs1. The van der Waals surface area contributed by atoms with Crippen LogP contribution in [0.5, 0.6) is 0 Å². The van der Waals surface area contributed by atoms with Crippen LogP contribution in [-0.2, 0) is 14.3 Å². The van der Waals surface area contributed by atoms with Gasteiger partial charge in [0.2, 0.25) is 0 Å². The summed E-state index contributed by atoms with van der Waals surface area (Å²) in [6.07, 6.45) is 1.98. The molecule has 4 rings (SSSR count). The molecular weight excluding hydrogens is 372 g/mol. The molecule has 1 aromatic heterocycles. The predicted octanol–water partition coefficient (Wildman–Crippen LogP) is 2.82. The molecule has 0 aromatic carbocycles. The van der Waals surface area contributed by atoms with E-state index in [1.165, 1.54) is 0 Å². The second kappa shape index (κ2) is 6.98. The van der Waals surface area contributed by atoms with E-state index < -0.39 is 0 Å². The van der Waals surface area contributed by atoms with Gasteiger partial charge in [-0.3, -0.25) is 9.59 Å². The summed E-state index contributed by atoms with van der Waals surface area (Å²) in [7, 11) is 3.95. The molecule has 0 N–H and O–H groups in total. The zero-order valence-corrected chi connectivity index (χ0v) is 16.6. The Morgan fingerprint density at radius 2 is 2.15 bits per heavy atom. The van der Waals surface area contributed by atoms with Crippen molar-refractivity contribution >= 4 is 34.6 Å². The van der Waals surface area contributed by atoms with E-state index in [0.29, 0.717) is 18.5 Å². The lowest BCUT2D eigenvalue weighted by Gasteiger charge is -2.37. The van der Waals surface area contributed by atoms with Crippen molar-refractivity contribution in [1.82, 2.24) is 9.80 Å². The molecule has 1 fully saturated rings. The Morgan fingerprint density at radius 3 is 2.85 bits per heavy atom. The summed E-state index contributed by atoms with van der Waals surface area (Å²) >= 11 is 7.89. The number of amides is 1. The van der Waals surface area contributed by atoms with E-state index in [1.807, 2.05) is 36.5 Å². The number of ketones is 1. The van der Waals surface area contributed by atoms with Gasteiger partial charge in [0, 0.05) is 23.3 Å². The number of halogens is 1. The molecule has 7 heteroatoms. The van der Waals surface area contributed by atoms with Crippen molar-refractivity contribution in [2.75, 3.05) is 27.2 Å². The molecule has 0 saturated heterocycles. The molecular formula is C19H23ClN2O3S. The smallest absolute Gasteiger partial charge is 0.290 e. The highest BCUT2D eigenvalue weighted by Crippen LogP contribution is 2.47. The number of carbonyl (C=O) groups is 2. The first-order valence-electron chi connectivity index (χ1n) is 9.05. The zero-order chi connectivity index (χ0) is 18.4. The number of hydrogen-bond acceptors (Lipinski definition) is 5. The molecule has 0 spiro atoms. The fraction of sp³-hybridized carbons (Fsp3) is 0.579. The van der Waals surface area contributed by atoms with Gasteiger partial charge in [-0.2, -0.15) is 0 Å². The van der Waals surface area contributed by atoms with Crippen LogP contribution in [0.2, 0.25) is 0 Å². The van der Waals surface area contributed by atoms with Crippen LogP contribution in [0.1, 0.15) is 30.2 Å². The first-order valence-corrected chi connectivity index (χ1v) is 10.4. The van der Waals surface area contributed by atoms with Gasteiger partial charge in [-0.05, 0) is 44.8 Å². The van der Waals surface area contributed by atoms with Gasteiger partial charge >= 0.3 is 0 Å². The molecule has 3 aliphatic rings. The molecule has 4 atom stereocenters. The van der Waals surface area contributed by atoms with Crippen LogP contribution in [-0.4, -0.2) is 60.2 Å². The van der Waals surface area contributed by atoms with Crippen molar-refractivity contribution in [3.05, 3.63) is 33.7 Å². The van der Waals surface area contributed by atoms with Gasteiger partial charge in [-0.15, -0.1) is 22.9 Å². The largest absolute Gasteiger partial charge is 0.483 e. The lowest BCUT2D eigenvalue weighted by molar-refractivity contribution is -0.135. The quantitative estimate of drug-likeness (QED) is 0.737. The number of nitrogens with zero attached hydrogens (tertiary/aromatic N) is 2. The van der Waals surface area contributed by atoms with Crippen molar-refractivity contribution in [2.45, 2.75) is 36.8 Å². The second-order valence-corrected chi connectivity index (χ2v) is 9.10. The lowest BCUT2D eigenvalue weighted by Crippen LogP contribution is -2.41. The van der Waals surface area contributed by atoms with Gasteiger partial charge in [-0.25, -0.2) is 0 Å². The van der Waals surface area contributed by atoms with Crippen LogP contribution in [0.3, 0.4) is 0 Å². The maximum absolute atomic E-state index is 13.3. The van der Waals surface area contributed by atoms with Crippen molar-refractivity contribution in [3.8, 4) is 0 Å². The number of rotatable bonds is 4. The van der Waals surface area contributed by atoms with Gasteiger partial charge in [0.1, 0.15) is 6.10 Å². The van der Waals surface area contributed by atoms with E-state index in [0.717, 1.165) is 24.3 Å².